The smallest absolute Gasteiger partial charge is 0.263 e. The molecule has 1 N–H and O–H groups in total. The van der Waals surface area contributed by atoms with Gasteiger partial charge in [-0.25, -0.2) is 0 Å². The van der Waals surface area contributed by atoms with E-state index in [1.54, 1.807) is 13.8 Å². The molecule has 5 amide bonds. The fourth-order valence-corrected chi connectivity index (χ4v) is 8.53. The molecule has 0 fully saturated rings. The second kappa shape index (κ2) is 16.6. The van der Waals surface area contributed by atoms with Crippen molar-refractivity contribution in [1.29, 1.82) is 0 Å². The predicted octanol–water partition coefficient (Wildman–Crippen LogP) is 4.74. The Balaban J connectivity index is 1.95. The number of hydrogen-bond donors (Lipinski definition) is 1. The highest BCUT2D eigenvalue weighted by Gasteiger charge is 2.46. The van der Waals surface area contributed by atoms with Gasteiger partial charge in [0.15, 0.2) is 0 Å². The highest BCUT2D eigenvalue weighted by molar-refractivity contribution is 7.85. The van der Waals surface area contributed by atoms with Crippen molar-refractivity contribution in [3.05, 3.63) is 34.4 Å². The summed E-state index contributed by atoms with van der Waals surface area (Å²) in [6.45, 7) is 10.5. The predicted molar refractivity (Wildman–Crippen MR) is 192 cm³/mol. The zero-order chi connectivity index (χ0) is 36.2. The highest BCUT2D eigenvalue weighted by Crippen LogP contribution is 2.43. The average Bonchev–Trinajstić information content (AvgIpc) is 3.06. The maximum absolute atomic E-state index is 14.6. The Morgan fingerprint density at radius 3 is 1.88 bits per heavy atom. The molecule has 3 atom stereocenters. The molecule has 2 aliphatic rings. The molecule has 3 unspecified atom stereocenters. The maximum atomic E-state index is 14.6. The Bertz CT molecular complexity index is 1700. The first-order chi connectivity index (χ1) is 23.3. The molecule has 268 valence electrons. The van der Waals surface area contributed by atoms with Gasteiger partial charge in [0.25, 0.3) is 23.6 Å². The summed E-state index contributed by atoms with van der Waals surface area (Å²) in [5, 5.41) is 3.06. The van der Waals surface area contributed by atoms with E-state index in [1.807, 2.05) is 32.8 Å². The Hall–Kier alpha value is -3.29. The Kier molecular flexibility index (Phi) is 13.1. The monoisotopic (exact) mass is 714 g/mol. The summed E-state index contributed by atoms with van der Waals surface area (Å²) in [6, 6.07) is 1.63. The summed E-state index contributed by atoms with van der Waals surface area (Å²) >= 11 is 0. The molecule has 11 nitrogen and oxygen atoms in total. The van der Waals surface area contributed by atoms with Crippen LogP contribution in [0.2, 0.25) is 0 Å². The van der Waals surface area contributed by atoms with Crippen molar-refractivity contribution in [2.24, 2.45) is 5.92 Å². The molecule has 2 aliphatic heterocycles. The van der Waals surface area contributed by atoms with Crippen LogP contribution in [0, 0.1) is 5.92 Å². The van der Waals surface area contributed by atoms with Crippen LogP contribution in [0.5, 0.6) is 0 Å². The van der Waals surface area contributed by atoms with Gasteiger partial charge in [0.2, 0.25) is 5.91 Å². The number of carbonyl (C=O) groups is 5. The minimum Gasteiger partial charge on any atom is -0.354 e. The Morgan fingerprint density at radius 1 is 0.776 bits per heavy atom. The zero-order valence-electron chi connectivity index (χ0n) is 29.8. The normalized spacial score (nSPS) is 16.3. The molecular formula is C36H50N4O7S2. The molecule has 0 saturated carbocycles. The second-order valence-corrected chi connectivity index (χ2v) is 16.8. The van der Waals surface area contributed by atoms with Crippen molar-refractivity contribution < 1.29 is 32.4 Å². The number of hydrogen-bond acceptors (Lipinski definition) is 8. The fraction of sp³-hybridized carbons (Fsp3) is 0.583. The number of nitrogens with one attached hydrogen (secondary N) is 1. The molecule has 0 aliphatic carbocycles. The molecule has 13 heteroatoms. The first kappa shape index (κ1) is 38.5. The molecule has 0 spiro atoms. The van der Waals surface area contributed by atoms with E-state index in [9.17, 15) is 32.4 Å². The van der Waals surface area contributed by atoms with Crippen molar-refractivity contribution in [3.8, 4) is 0 Å². The van der Waals surface area contributed by atoms with Crippen LogP contribution in [-0.4, -0.2) is 104 Å². The summed E-state index contributed by atoms with van der Waals surface area (Å²) in [7, 11) is 0.377. The minimum atomic E-state index is -1.76. The lowest BCUT2D eigenvalue weighted by atomic mass is 9.84. The van der Waals surface area contributed by atoms with E-state index in [-0.39, 0.29) is 73.2 Å². The molecule has 2 aromatic carbocycles. The lowest BCUT2D eigenvalue weighted by Crippen LogP contribution is -2.54. The van der Waals surface area contributed by atoms with Crippen LogP contribution in [-0.2, 0) is 26.4 Å². The van der Waals surface area contributed by atoms with E-state index < -0.39 is 57.2 Å². The fourth-order valence-electron chi connectivity index (χ4n) is 6.57. The van der Waals surface area contributed by atoms with E-state index in [0.717, 1.165) is 48.4 Å². The summed E-state index contributed by atoms with van der Waals surface area (Å²) < 4.78 is 27.3. The number of imide groups is 2. The van der Waals surface area contributed by atoms with Gasteiger partial charge >= 0.3 is 0 Å². The van der Waals surface area contributed by atoms with E-state index in [4.69, 9.17) is 0 Å². The summed E-state index contributed by atoms with van der Waals surface area (Å²) in [5.41, 5.74) is -0.0283. The van der Waals surface area contributed by atoms with Crippen LogP contribution in [0.25, 0.3) is 10.8 Å². The molecular weight excluding hydrogens is 665 g/mol. The van der Waals surface area contributed by atoms with Gasteiger partial charge < -0.3 is 10.2 Å². The zero-order valence-corrected chi connectivity index (χ0v) is 31.4. The van der Waals surface area contributed by atoms with Gasteiger partial charge in [-0.2, -0.15) is 0 Å². The van der Waals surface area contributed by atoms with Gasteiger partial charge in [-0.15, -0.1) is 0 Å². The van der Waals surface area contributed by atoms with Crippen molar-refractivity contribution in [1.82, 2.24) is 20.0 Å². The van der Waals surface area contributed by atoms with Crippen molar-refractivity contribution in [2.75, 3.05) is 45.2 Å². The number of rotatable bonds is 18. The van der Waals surface area contributed by atoms with Crippen LogP contribution in [0.15, 0.2) is 21.9 Å². The quantitative estimate of drug-likeness (QED) is 0.173. The number of amides is 5. The van der Waals surface area contributed by atoms with Crippen LogP contribution >= 0.6 is 0 Å². The van der Waals surface area contributed by atoms with Gasteiger partial charge in [0, 0.05) is 46.5 Å². The Labute approximate surface area is 294 Å². The van der Waals surface area contributed by atoms with Gasteiger partial charge in [-0.3, -0.25) is 42.2 Å². The van der Waals surface area contributed by atoms with Crippen LogP contribution < -0.4 is 5.32 Å². The van der Waals surface area contributed by atoms with Crippen LogP contribution in [0.4, 0.5) is 0 Å². The lowest BCUT2D eigenvalue weighted by molar-refractivity contribution is -0.125. The highest BCUT2D eigenvalue weighted by atomic mass is 32.2. The summed E-state index contributed by atoms with van der Waals surface area (Å²) in [4.78, 5) is 75.3. The van der Waals surface area contributed by atoms with Crippen LogP contribution in [0.1, 0.15) is 121 Å². The number of carbonyl (C=O) groups excluding carboxylic acids is 5. The second-order valence-electron chi connectivity index (χ2n) is 13.4. The van der Waals surface area contributed by atoms with Crippen LogP contribution in [0.3, 0.4) is 0 Å². The largest absolute Gasteiger partial charge is 0.354 e. The minimum absolute atomic E-state index is 0.0221. The SMILES string of the molecule is CCCCCCNC(=O)C(CC(C)C)N1C(=O)c2cc(S(=O)CC)c3c4c(cc(S(=O)CC)c(c24)C1=O)C(=O)N(CCCCN(C)C)C3=O. The summed E-state index contributed by atoms with van der Waals surface area (Å²) in [5.74, 6) is -3.11. The van der Waals surface area contributed by atoms with Gasteiger partial charge in [0.1, 0.15) is 6.04 Å². The van der Waals surface area contributed by atoms with Crippen molar-refractivity contribution in [3.63, 3.8) is 0 Å². The van der Waals surface area contributed by atoms with Gasteiger partial charge in [0.05, 0.1) is 42.5 Å². The molecule has 49 heavy (non-hydrogen) atoms. The average molecular weight is 715 g/mol. The molecule has 4 rings (SSSR count). The third kappa shape index (κ3) is 7.73. The lowest BCUT2D eigenvalue weighted by Gasteiger charge is -2.37. The van der Waals surface area contributed by atoms with Gasteiger partial charge in [-0.1, -0.05) is 53.9 Å². The van der Waals surface area contributed by atoms with E-state index >= 15 is 0 Å². The van der Waals surface area contributed by atoms with Crippen molar-refractivity contribution in [2.45, 2.75) is 95.4 Å². The molecule has 0 saturated heterocycles. The van der Waals surface area contributed by atoms with E-state index in [0.29, 0.717) is 13.0 Å². The third-order valence-electron chi connectivity index (χ3n) is 9.04. The molecule has 2 aromatic rings. The maximum Gasteiger partial charge on any atom is 0.263 e. The van der Waals surface area contributed by atoms with Gasteiger partial charge in [-0.05, 0) is 64.4 Å². The van der Waals surface area contributed by atoms with E-state index in [1.165, 1.54) is 12.1 Å². The number of nitrogens with zero attached hydrogens (tertiary/aromatic N) is 3. The first-order valence-corrected chi connectivity index (χ1v) is 20.0. The molecule has 0 aromatic heterocycles. The standard InChI is InChI=1S/C36H50N4O7S2/c1-8-11-12-13-16-37-32(41)25(19-22(4)5)40-34(43)24-21-26(48(46)9-2)30-28-23(20-27(49(47)10-3)31(29(24)28)36(40)45)33(42)39(35(30)44)18-15-14-17-38(6)7/h20-22,25H,8-19H2,1-7H3,(H,37,41). The number of unbranched alkanes of at least 4 members (excludes halogenated alkanes) is 4. The number of benzene rings is 2. The molecule has 0 bridgehead atoms. The van der Waals surface area contributed by atoms with Crippen molar-refractivity contribution >= 4 is 61.9 Å². The molecule has 0 radical (unpaired) electrons. The Morgan fingerprint density at radius 2 is 1.35 bits per heavy atom. The third-order valence-corrected chi connectivity index (χ3v) is 11.7. The first-order valence-electron chi connectivity index (χ1n) is 17.4. The van der Waals surface area contributed by atoms with E-state index in [2.05, 4.69) is 12.2 Å². The summed E-state index contributed by atoms with van der Waals surface area (Å²) in [6.07, 6.45) is 5.20. The topological polar surface area (TPSA) is 141 Å². The molecule has 2 heterocycles.